The number of esters is 2. The van der Waals surface area contributed by atoms with Crippen molar-refractivity contribution in [2.24, 2.45) is 22.7 Å². The zero-order valence-corrected chi connectivity index (χ0v) is 69.8. The Morgan fingerprint density at radius 1 is 0.442 bits per heavy atom. The summed E-state index contributed by atoms with van der Waals surface area (Å²) in [5.74, 6) is 1.14. The lowest BCUT2D eigenvalue weighted by atomic mass is 9.87. The van der Waals surface area contributed by atoms with Gasteiger partial charge in [0.15, 0.2) is 17.3 Å². The Morgan fingerprint density at radius 3 is 1.17 bits per heavy atom. The Labute approximate surface area is 675 Å². The Balaban J connectivity index is -0.00000125. The van der Waals surface area contributed by atoms with Gasteiger partial charge < -0.3 is 120 Å². The molecule has 0 aliphatic carbocycles. The molecule has 2 aliphatic heterocycles. The lowest BCUT2D eigenvalue weighted by molar-refractivity contribution is -0.178. The molecule has 2 saturated heterocycles. The van der Waals surface area contributed by atoms with Crippen molar-refractivity contribution in [1.29, 1.82) is 0 Å². The molecule has 2 aliphatic rings. The van der Waals surface area contributed by atoms with Crippen LogP contribution in [-0.4, -0.2) is 310 Å². The molecule has 1 amide bonds. The molecule has 2 fully saturated rings. The van der Waals surface area contributed by atoms with Gasteiger partial charge in [-0.25, -0.2) is 0 Å². The Bertz CT molecular complexity index is 2530. The number of unbranched alkanes of at least 4 members (excludes halogenated alkanes) is 13. The Kier molecular flexibility index (Phi) is 74.2. The summed E-state index contributed by atoms with van der Waals surface area (Å²) in [5, 5.41) is 140. The number of hydrogen-bond acceptors (Lipinski definition) is 27. The molecule has 2 heterocycles. The third-order valence-corrected chi connectivity index (χ3v) is 18.2. The van der Waals surface area contributed by atoms with Crippen LogP contribution in [0.5, 0.6) is 17.2 Å². The number of benzene rings is 3. The summed E-state index contributed by atoms with van der Waals surface area (Å²) >= 11 is 0. The normalized spacial score (nSPS) is 13.4. The minimum atomic E-state index is -2.01. The first-order chi connectivity index (χ1) is 54.4. The number of carbonyl (C=O) groups excluding carboxylic acids is 4. The number of aliphatic hydroxyl groups excluding tert-OH is 15. The molecule has 0 spiro atoms. The number of Topliss-reactive ketones (excluding diaryl/α,β-unsaturated/α-hetero) is 1. The maximum absolute atomic E-state index is 11.8. The second-order valence-electron chi connectivity index (χ2n) is 29.0. The SMILES string of the molecule is CC(C)(CO)CO.CC(C)(O)C(=O)c1ccc(OCCO)cc1.CCCCCCCCCCCCCCC(O)CO.CCOC(=O)C(CO)(CO)C(=O)OCC.O=C(c1ccccc1)N(CCO)CCO.OCCCCCO.OCCN1CCC(CCCC2CCN(CCO)CC2)CC1.OCCOc1ccccc1OCCO. The minimum Gasteiger partial charge on any atom is -0.491 e. The van der Waals surface area contributed by atoms with Crippen LogP contribution in [-0.2, 0) is 19.1 Å². The van der Waals surface area contributed by atoms with Crippen molar-refractivity contribution in [3.63, 3.8) is 0 Å². The number of ether oxygens (including phenoxy) is 5. The first kappa shape index (κ1) is 112. The van der Waals surface area contributed by atoms with Gasteiger partial charge in [-0.1, -0.05) is 147 Å². The second-order valence-corrected chi connectivity index (χ2v) is 29.0. The highest BCUT2D eigenvalue weighted by Gasteiger charge is 2.48. The van der Waals surface area contributed by atoms with Crippen LogP contribution in [0.2, 0.25) is 0 Å². The maximum Gasteiger partial charge on any atom is 0.328 e. The number of rotatable bonds is 50. The van der Waals surface area contributed by atoms with E-state index >= 15 is 0 Å². The van der Waals surface area contributed by atoms with Gasteiger partial charge in [-0.05, 0) is 166 Å². The summed E-state index contributed by atoms with van der Waals surface area (Å²) < 4.78 is 24.8. The standard InChI is InChI=1S/C17H34N2O2.C16H34O2.C12H16O4.C11H15NO3.C10H14O4.C9H16O6.2C5H12O2/c20-14-12-18-8-4-16(5-9-18)2-1-3-17-6-10-19(11-7-17)13-15-21;1-2-3-4-5-6-7-8-9-10-11-12-13-14-16(18)15-17;1-12(2,15)11(14)9-3-5-10(6-4-9)16-8-7-13;13-8-6-12(7-9-14)11(15)10-4-2-1-3-5-10;11-5-7-13-9-3-1-2-4-10(9)14-8-6-12;1-3-14-7(12)9(5-10,6-11)8(13)15-4-2;1-5(2,3-6)4-7;6-4-2-1-3-5-7/h16-17,20-21H,1-15H2;16-18H,2-15H2,1H3;3-6,13,15H,7-8H2,1-2H3;1-5,13-14H,6-9H2;1-4,11-12H,5-8H2;10-11H,3-6H2,1-2H3;6-7H,3-4H2,1-2H3;6-7H,1-5H2. The summed E-state index contributed by atoms with van der Waals surface area (Å²) in [6.07, 6.45) is 28.4. The van der Waals surface area contributed by atoms with E-state index in [0.29, 0.717) is 41.6 Å². The molecular formula is C85H153N3O25. The molecule has 113 heavy (non-hydrogen) atoms. The van der Waals surface area contributed by atoms with Crippen LogP contribution in [0.25, 0.3) is 0 Å². The molecule has 28 heteroatoms. The highest BCUT2D eigenvalue weighted by atomic mass is 16.6. The number of carbonyl (C=O) groups is 4. The summed E-state index contributed by atoms with van der Waals surface area (Å²) in [6, 6.07) is 22.4. The molecule has 0 radical (unpaired) electrons. The zero-order valence-electron chi connectivity index (χ0n) is 69.8. The molecule has 0 aromatic heterocycles. The first-order valence-electron chi connectivity index (χ1n) is 41.1. The number of hydrogen-bond donors (Lipinski definition) is 16. The minimum absolute atomic E-state index is 0.0334. The van der Waals surface area contributed by atoms with Crippen molar-refractivity contribution in [1.82, 2.24) is 14.7 Å². The van der Waals surface area contributed by atoms with Gasteiger partial charge in [0, 0.05) is 55.9 Å². The van der Waals surface area contributed by atoms with Crippen LogP contribution < -0.4 is 14.2 Å². The fraction of sp³-hybridized carbons (Fsp3) is 0.741. The van der Waals surface area contributed by atoms with Crippen LogP contribution in [0, 0.1) is 22.7 Å². The monoisotopic (exact) mass is 1620 g/mol. The van der Waals surface area contributed by atoms with E-state index in [2.05, 4.69) is 26.2 Å². The van der Waals surface area contributed by atoms with E-state index in [1.165, 1.54) is 161 Å². The van der Waals surface area contributed by atoms with E-state index in [1.807, 2.05) is 18.2 Å². The van der Waals surface area contributed by atoms with Crippen molar-refractivity contribution in [2.75, 3.05) is 178 Å². The molecular weight excluding hydrogens is 1460 g/mol. The number of ketones is 1. The molecule has 658 valence electrons. The Hall–Kier alpha value is -5.58. The molecule has 3 aromatic rings. The van der Waals surface area contributed by atoms with Crippen molar-refractivity contribution in [3.8, 4) is 17.2 Å². The highest BCUT2D eigenvalue weighted by Crippen LogP contribution is 2.29. The number of amides is 1. The van der Waals surface area contributed by atoms with E-state index in [1.54, 1.807) is 88.4 Å². The maximum atomic E-state index is 11.8. The number of β-amino-alcohol motifs (C(OH)–C–C–N with tert-alkyl or cyclic N) is 2. The van der Waals surface area contributed by atoms with Gasteiger partial charge in [-0.15, -0.1) is 0 Å². The van der Waals surface area contributed by atoms with E-state index in [0.717, 1.165) is 57.0 Å². The predicted molar refractivity (Wildman–Crippen MR) is 439 cm³/mol. The van der Waals surface area contributed by atoms with Gasteiger partial charge in [-0.3, -0.25) is 19.2 Å². The second kappa shape index (κ2) is 75.2. The molecule has 1 atom stereocenters. The molecule has 0 saturated carbocycles. The van der Waals surface area contributed by atoms with E-state index in [-0.39, 0.29) is 129 Å². The third-order valence-electron chi connectivity index (χ3n) is 18.2. The quantitative estimate of drug-likeness (QED) is 0.0120. The smallest absolute Gasteiger partial charge is 0.328 e. The van der Waals surface area contributed by atoms with Crippen molar-refractivity contribution >= 4 is 23.6 Å². The molecule has 5 rings (SSSR count). The Morgan fingerprint density at radius 2 is 0.832 bits per heavy atom. The van der Waals surface area contributed by atoms with Crippen molar-refractivity contribution in [2.45, 2.75) is 208 Å². The lowest BCUT2D eigenvalue weighted by Crippen LogP contribution is -2.48. The topological polar surface area (TPSA) is 448 Å². The number of piperidine rings is 2. The highest BCUT2D eigenvalue weighted by molar-refractivity contribution is 6.02. The molecule has 1 unspecified atom stereocenters. The average Bonchev–Trinajstić information content (AvgIpc) is 0.775. The average molecular weight is 1620 g/mol. The molecule has 3 aromatic carbocycles. The molecule has 28 nitrogen and oxygen atoms in total. The fourth-order valence-corrected chi connectivity index (χ4v) is 11.2. The van der Waals surface area contributed by atoms with Gasteiger partial charge in [0.25, 0.3) is 5.91 Å². The largest absolute Gasteiger partial charge is 0.491 e. The number of para-hydroxylation sites is 2. The van der Waals surface area contributed by atoms with Gasteiger partial charge in [0.05, 0.1) is 98.6 Å². The predicted octanol–water partition coefficient (Wildman–Crippen LogP) is 6.77. The van der Waals surface area contributed by atoms with Crippen LogP contribution in [0.15, 0.2) is 78.9 Å². The van der Waals surface area contributed by atoms with Crippen LogP contribution in [0.1, 0.15) is 217 Å². The van der Waals surface area contributed by atoms with Gasteiger partial charge >= 0.3 is 11.9 Å². The van der Waals surface area contributed by atoms with E-state index in [9.17, 15) is 24.3 Å². The number of aliphatic hydroxyl groups is 16. The summed E-state index contributed by atoms with van der Waals surface area (Å²) in [4.78, 5) is 52.5. The third kappa shape index (κ3) is 58.0. The summed E-state index contributed by atoms with van der Waals surface area (Å²) in [6.45, 7) is 18.7. The fourth-order valence-electron chi connectivity index (χ4n) is 11.2. The van der Waals surface area contributed by atoms with Crippen LogP contribution >= 0.6 is 0 Å². The van der Waals surface area contributed by atoms with Gasteiger partial charge in [0.1, 0.15) is 31.2 Å². The summed E-state index contributed by atoms with van der Waals surface area (Å²) in [7, 11) is 0. The van der Waals surface area contributed by atoms with Crippen LogP contribution in [0.4, 0.5) is 0 Å². The van der Waals surface area contributed by atoms with Crippen LogP contribution in [0.3, 0.4) is 0 Å². The number of nitrogens with zero attached hydrogens (tertiary/aromatic N) is 3. The van der Waals surface area contributed by atoms with E-state index < -0.39 is 42.3 Å². The first-order valence-corrected chi connectivity index (χ1v) is 41.1. The van der Waals surface area contributed by atoms with Gasteiger partial charge in [0.2, 0.25) is 5.41 Å². The van der Waals surface area contributed by atoms with E-state index in [4.69, 9.17) is 90.8 Å². The molecule has 16 N–H and O–H groups in total. The van der Waals surface area contributed by atoms with Gasteiger partial charge in [-0.2, -0.15) is 0 Å². The molecule has 0 bridgehead atoms. The zero-order chi connectivity index (χ0) is 85.2. The van der Waals surface area contributed by atoms with Crippen molar-refractivity contribution in [3.05, 3.63) is 90.0 Å². The van der Waals surface area contributed by atoms with Crippen molar-refractivity contribution < 1.29 is 125 Å². The summed E-state index contributed by atoms with van der Waals surface area (Å²) in [5.41, 5.74) is -2.68. The number of likely N-dealkylation sites (tertiary alicyclic amines) is 2. The lowest BCUT2D eigenvalue weighted by Gasteiger charge is -2.33.